The third-order valence-corrected chi connectivity index (χ3v) is 1.98. The number of nitrogens with zero attached hydrogens (tertiary/aromatic N) is 1. The topological polar surface area (TPSA) is 23.8 Å². The zero-order valence-corrected chi connectivity index (χ0v) is 7.32. The van der Waals surface area contributed by atoms with E-state index in [1.807, 2.05) is 6.07 Å². The van der Waals surface area contributed by atoms with Crippen LogP contribution in [0.3, 0.4) is 0 Å². The summed E-state index contributed by atoms with van der Waals surface area (Å²) in [5.74, 6) is -0.362. The van der Waals surface area contributed by atoms with Crippen LogP contribution in [0.4, 0.5) is 4.39 Å². The van der Waals surface area contributed by atoms with Gasteiger partial charge in [-0.15, -0.1) is 0 Å². The lowest BCUT2D eigenvalue weighted by Crippen LogP contribution is -1.90. The Kier molecular flexibility index (Phi) is 2.67. The van der Waals surface area contributed by atoms with Gasteiger partial charge >= 0.3 is 0 Å². The molecular weight excluding hydrogens is 177 g/mol. The molecule has 0 saturated heterocycles. The van der Waals surface area contributed by atoms with Crippen molar-refractivity contribution in [3.63, 3.8) is 0 Å². The van der Waals surface area contributed by atoms with E-state index in [4.69, 9.17) is 16.9 Å². The SMILES string of the molecule is Cc1cc(F)cc(Cl)c1CC#N. The molecule has 12 heavy (non-hydrogen) atoms. The molecule has 1 aromatic rings. The summed E-state index contributed by atoms with van der Waals surface area (Å²) in [4.78, 5) is 0. The second-order valence-electron chi connectivity index (χ2n) is 2.52. The van der Waals surface area contributed by atoms with Crippen LogP contribution in [0.2, 0.25) is 5.02 Å². The third-order valence-electron chi connectivity index (χ3n) is 1.64. The predicted octanol–water partition coefficient (Wildman–Crippen LogP) is 2.85. The van der Waals surface area contributed by atoms with E-state index in [-0.39, 0.29) is 12.2 Å². The lowest BCUT2D eigenvalue weighted by Gasteiger charge is -2.03. The van der Waals surface area contributed by atoms with Gasteiger partial charge in [0.2, 0.25) is 0 Å². The van der Waals surface area contributed by atoms with Crippen LogP contribution in [0.5, 0.6) is 0 Å². The first-order valence-electron chi connectivity index (χ1n) is 3.46. The fraction of sp³-hybridized carbons (Fsp3) is 0.222. The van der Waals surface area contributed by atoms with E-state index in [9.17, 15) is 4.39 Å². The summed E-state index contributed by atoms with van der Waals surface area (Å²) in [6, 6.07) is 4.58. The Morgan fingerprint density at radius 3 is 2.75 bits per heavy atom. The summed E-state index contributed by atoms with van der Waals surface area (Å²) < 4.78 is 12.7. The lowest BCUT2D eigenvalue weighted by atomic mass is 10.1. The molecular formula is C9H7ClFN. The second-order valence-corrected chi connectivity index (χ2v) is 2.93. The smallest absolute Gasteiger partial charge is 0.124 e. The minimum Gasteiger partial charge on any atom is -0.207 e. The van der Waals surface area contributed by atoms with Crippen LogP contribution in [-0.4, -0.2) is 0 Å². The highest BCUT2D eigenvalue weighted by molar-refractivity contribution is 6.31. The first-order chi connectivity index (χ1) is 5.65. The fourth-order valence-electron chi connectivity index (χ4n) is 1.04. The van der Waals surface area contributed by atoms with Crippen LogP contribution in [0, 0.1) is 24.1 Å². The number of halogens is 2. The number of hydrogen-bond donors (Lipinski definition) is 0. The van der Waals surface area contributed by atoms with Crippen molar-refractivity contribution in [3.8, 4) is 6.07 Å². The third kappa shape index (κ3) is 1.75. The van der Waals surface area contributed by atoms with Crippen molar-refractivity contribution in [2.24, 2.45) is 0 Å². The number of benzene rings is 1. The van der Waals surface area contributed by atoms with Gasteiger partial charge in [-0.05, 0) is 30.2 Å². The summed E-state index contributed by atoms with van der Waals surface area (Å²) in [5, 5.41) is 8.76. The summed E-state index contributed by atoms with van der Waals surface area (Å²) in [6.45, 7) is 1.74. The minimum absolute atomic E-state index is 0.227. The number of hydrogen-bond acceptors (Lipinski definition) is 1. The van der Waals surface area contributed by atoms with Gasteiger partial charge in [-0.1, -0.05) is 11.6 Å². The molecule has 1 aromatic carbocycles. The van der Waals surface area contributed by atoms with Crippen LogP contribution >= 0.6 is 11.6 Å². The van der Waals surface area contributed by atoms with Crippen LogP contribution < -0.4 is 0 Å². The molecule has 0 fully saturated rings. The Hall–Kier alpha value is -1.07. The van der Waals surface area contributed by atoms with Gasteiger partial charge in [0.05, 0.1) is 12.5 Å². The van der Waals surface area contributed by atoms with Crippen molar-refractivity contribution in [1.82, 2.24) is 0 Å². The van der Waals surface area contributed by atoms with E-state index in [1.54, 1.807) is 6.92 Å². The molecule has 3 heteroatoms. The number of nitriles is 1. The molecule has 0 amide bonds. The van der Waals surface area contributed by atoms with Crippen molar-refractivity contribution < 1.29 is 4.39 Å². The Balaban J connectivity index is 3.21. The number of aryl methyl sites for hydroxylation is 1. The zero-order valence-electron chi connectivity index (χ0n) is 6.56. The lowest BCUT2D eigenvalue weighted by molar-refractivity contribution is 0.626. The van der Waals surface area contributed by atoms with Gasteiger partial charge in [-0.25, -0.2) is 4.39 Å². The quantitative estimate of drug-likeness (QED) is 0.657. The fourth-order valence-corrected chi connectivity index (χ4v) is 1.36. The Labute approximate surface area is 75.4 Å². The molecule has 0 saturated carbocycles. The van der Waals surface area contributed by atoms with E-state index >= 15 is 0 Å². The monoisotopic (exact) mass is 183 g/mol. The Morgan fingerprint density at radius 1 is 1.58 bits per heavy atom. The van der Waals surface area contributed by atoms with Crippen LogP contribution in [0.25, 0.3) is 0 Å². The second kappa shape index (κ2) is 3.55. The predicted molar refractivity (Wildman–Crippen MR) is 45.5 cm³/mol. The van der Waals surface area contributed by atoms with E-state index in [0.717, 1.165) is 5.56 Å². The summed E-state index contributed by atoms with van der Waals surface area (Å²) in [7, 11) is 0. The van der Waals surface area contributed by atoms with Gasteiger partial charge in [-0.2, -0.15) is 5.26 Å². The van der Waals surface area contributed by atoms with Crippen LogP contribution in [0.1, 0.15) is 11.1 Å². The summed E-state index contributed by atoms with van der Waals surface area (Å²) in [6.07, 6.45) is 0.227. The van der Waals surface area contributed by atoms with Crippen molar-refractivity contribution in [1.29, 1.82) is 5.26 Å². The molecule has 0 radical (unpaired) electrons. The molecule has 0 heterocycles. The average molecular weight is 184 g/mol. The maximum absolute atomic E-state index is 12.7. The van der Waals surface area contributed by atoms with Crippen LogP contribution in [0.15, 0.2) is 12.1 Å². The molecule has 0 aromatic heterocycles. The number of rotatable bonds is 1. The maximum Gasteiger partial charge on any atom is 0.124 e. The Morgan fingerprint density at radius 2 is 2.25 bits per heavy atom. The van der Waals surface area contributed by atoms with Crippen molar-refractivity contribution in [2.45, 2.75) is 13.3 Å². The molecule has 0 bridgehead atoms. The van der Waals surface area contributed by atoms with Gasteiger partial charge in [0.25, 0.3) is 0 Å². The normalized spacial score (nSPS) is 9.50. The molecule has 1 nitrogen and oxygen atoms in total. The highest BCUT2D eigenvalue weighted by Gasteiger charge is 2.05. The zero-order chi connectivity index (χ0) is 9.14. The van der Waals surface area contributed by atoms with E-state index in [1.165, 1.54) is 12.1 Å². The van der Waals surface area contributed by atoms with Gasteiger partial charge < -0.3 is 0 Å². The molecule has 0 spiro atoms. The van der Waals surface area contributed by atoms with Gasteiger partial charge in [-0.3, -0.25) is 0 Å². The standard InChI is InChI=1S/C9H7ClFN/c1-6-4-7(11)5-9(10)8(6)2-3-12/h4-5H,2H2,1H3. The molecule has 1 rings (SSSR count). The summed E-state index contributed by atoms with van der Waals surface area (Å²) >= 11 is 5.72. The van der Waals surface area contributed by atoms with E-state index < -0.39 is 0 Å². The molecule has 62 valence electrons. The van der Waals surface area contributed by atoms with Crippen molar-refractivity contribution in [3.05, 3.63) is 34.1 Å². The van der Waals surface area contributed by atoms with Crippen LogP contribution in [-0.2, 0) is 6.42 Å². The minimum atomic E-state index is -0.362. The van der Waals surface area contributed by atoms with E-state index in [0.29, 0.717) is 10.6 Å². The highest BCUT2D eigenvalue weighted by atomic mass is 35.5. The maximum atomic E-state index is 12.7. The molecule has 0 aliphatic rings. The Bertz CT molecular complexity index is 318. The largest absolute Gasteiger partial charge is 0.207 e. The molecule has 0 N–H and O–H groups in total. The van der Waals surface area contributed by atoms with Gasteiger partial charge in [0.15, 0.2) is 0 Å². The van der Waals surface area contributed by atoms with Crippen molar-refractivity contribution in [2.75, 3.05) is 0 Å². The molecule has 0 aliphatic heterocycles. The van der Waals surface area contributed by atoms with Gasteiger partial charge in [0.1, 0.15) is 5.82 Å². The van der Waals surface area contributed by atoms with Gasteiger partial charge in [0, 0.05) is 5.02 Å². The van der Waals surface area contributed by atoms with E-state index in [2.05, 4.69) is 0 Å². The van der Waals surface area contributed by atoms with Crippen molar-refractivity contribution >= 4 is 11.6 Å². The molecule has 0 unspecified atom stereocenters. The first kappa shape index (κ1) is 9.02. The average Bonchev–Trinajstić information content (AvgIpc) is 1.96. The highest BCUT2D eigenvalue weighted by Crippen LogP contribution is 2.21. The summed E-state index contributed by atoms with van der Waals surface area (Å²) in [5.41, 5.74) is 1.43. The first-order valence-corrected chi connectivity index (χ1v) is 3.84. The molecule has 0 atom stereocenters. The molecule has 0 aliphatic carbocycles.